The summed E-state index contributed by atoms with van der Waals surface area (Å²) in [7, 11) is 0. The topological polar surface area (TPSA) is 103 Å². The summed E-state index contributed by atoms with van der Waals surface area (Å²) in [5.41, 5.74) is 5.02. The van der Waals surface area contributed by atoms with Gasteiger partial charge in [0.05, 0.1) is 29.0 Å². The Bertz CT molecular complexity index is 1240. The van der Waals surface area contributed by atoms with Crippen LogP contribution >= 0.6 is 0 Å². The third kappa shape index (κ3) is 2.77. The van der Waals surface area contributed by atoms with Crippen molar-refractivity contribution >= 4 is 5.78 Å². The molecule has 2 aliphatic rings. The number of nitriles is 1. The monoisotopic (exact) mass is 410 g/mol. The van der Waals surface area contributed by atoms with Gasteiger partial charge in [-0.1, -0.05) is 37.3 Å². The van der Waals surface area contributed by atoms with Crippen molar-refractivity contribution in [3.8, 4) is 17.3 Å². The molecule has 1 aromatic carbocycles. The van der Waals surface area contributed by atoms with Gasteiger partial charge in [-0.15, -0.1) is 0 Å². The average molecular weight is 410 g/mol. The van der Waals surface area contributed by atoms with Gasteiger partial charge in [-0.3, -0.25) is 14.9 Å². The fourth-order valence-electron chi connectivity index (χ4n) is 5.40. The molecule has 0 bridgehead atoms. The molecule has 2 N–H and O–H groups in total. The van der Waals surface area contributed by atoms with Gasteiger partial charge < -0.3 is 5.11 Å². The van der Waals surface area contributed by atoms with Crippen molar-refractivity contribution in [1.29, 1.82) is 5.26 Å². The lowest BCUT2D eigenvalue weighted by Crippen LogP contribution is -2.48. The maximum atomic E-state index is 12.8. The zero-order chi connectivity index (χ0) is 21.6. The summed E-state index contributed by atoms with van der Waals surface area (Å²) in [5.74, 6) is -0.316. The third-order valence-electron chi connectivity index (χ3n) is 6.85. The number of aromatic amines is 1. The number of benzene rings is 1. The van der Waals surface area contributed by atoms with Gasteiger partial charge in [0.15, 0.2) is 5.78 Å². The fraction of sp³-hybridized carbons (Fsp3) is 0.280. The predicted molar refractivity (Wildman–Crippen MR) is 115 cm³/mol. The lowest BCUT2D eigenvalue weighted by atomic mass is 9.54. The van der Waals surface area contributed by atoms with Crippen molar-refractivity contribution in [2.75, 3.05) is 0 Å². The molecule has 0 saturated heterocycles. The highest BCUT2D eigenvalue weighted by Gasteiger charge is 2.53. The normalized spacial score (nSPS) is 24.7. The van der Waals surface area contributed by atoms with E-state index in [0.29, 0.717) is 0 Å². The predicted octanol–water partition coefficient (Wildman–Crippen LogP) is 3.48. The molecule has 3 aromatic rings. The molecule has 2 aromatic heterocycles. The van der Waals surface area contributed by atoms with Crippen molar-refractivity contribution < 1.29 is 9.90 Å². The summed E-state index contributed by atoms with van der Waals surface area (Å²) in [4.78, 5) is 17.1. The molecule has 0 saturated carbocycles. The highest BCUT2D eigenvalue weighted by atomic mass is 16.3. The maximum Gasteiger partial charge on any atom is 0.176 e. The van der Waals surface area contributed by atoms with Crippen molar-refractivity contribution in [3.63, 3.8) is 0 Å². The number of pyridine rings is 1. The summed E-state index contributed by atoms with van der Waals surface area (Å²) < 4.78 is 0. The highest BCUT2D eigenvalue weighted by molar-refractivity contribution is 6.02. The number of aromatic nitrogens is 3. The van der Waals surface area contributed by atoms with E-state index in [1.54, 1.807) is 12.4 Å². The standard InChI is InChI=1S/C25H22N4O2/c1-15-21-8-7-20-22(17-9-16(14-30)12-27-13-17)28-29-24(20)25(21,10-18(11-26)23(15)31)19-5-3-2-4-6-19/h2-6,9-10,12-13,15,21,30H,7-8,14H2,1H3,(H,28,29)/t15-,21?,25+/m0/s1. The first-order valence-electron chi connectivity index (χ1n) is 10.5. The van der Waals surface area contributed by atoms with Crippen LogP contribution < -0.4 is 0 Å². The van der Waals surface area contributed by atoms with Crippen molar-refractivity contribution in [3.05, 3.63) is 82.8 Å². The van der Waals surface area contributed by atoms with Crippen LogP contribution in [0.4, 0.5) is 0 Å². The average Bonchev–Trinajstić information content (AvgIpc) is 3.27. The van der Waals surface area contributed by atoms with E-state index in [-0.39, 0.29) is 29.8 Å². The number of ketones is 1. The first-order chi connectivity index (χ1) is 15.1. The minimum atomic E-state index is -0.625. The van der Waals surface area contributed by atoms with E-state index in [2.05, 4.69) is 33.4 Å². The molecule has 2 aliphatic carbocycles. The number of fused-ring (bicyclic) bond motifs is 3. The number of Topliss-reactive ketones (excluding diaryl/α,β-unsaturated/α-hetero) is 1. The molecule has 0 amide bonds. The number of aliphatic hydroxyl groups excluding tert-OH is 1. The van der Waals surface area contributed by atoms with Gasteiger partial charge in [0, 0.05) is 29.4 Å². The Hall–Kier alpha value is -3.56. The summed E-state index contributed by atoms with van der Waals surface area (Å²) in [5, 5.41) is 27.2. The van der Waals surface area contributed by atoms with Crippen LogP contribution in [-0.2, 0) is 23.2 Å². The Labute approximate surface area is 180 Å². The van der Waals surface area contributed by atoms with Crippen molar-refractivity contribution in [2.45, 2.75) is 31.8 Å². The van der Waals surface area contributed by atoms with Gasteiger partial charge in [-0.2, -0.15) is 10.4 Å². The second kappa shape index (κ2) is 7.29. The zero-order valence-electron chi connectivity index (χ0n) is 17.2. The molecule has 6 nitrogen and oxygen atoms in total. The van der Waals surface area contributed by atoms with Gasteiger partial charge in [0.2, 0.25) is 0 Å². The summed E-state index contributed by atoms with van der Waals surface area (Å²) in [6.07, 6.45) is 6.83. The van der Waals surface area contributed by atoms with Crippen LogP contribution in [0.1, 0.15) is 35.7 Å². The number of nitrogens with one attached hydrogen (secondary N) is 1. The number of carbonyl (C=O) groups is 1. The fourth-order valence-corrected chi connectivity index (χ4v) is 5.40. The number of aliphatic hydroxyl groups is 1. The van der Waals surface area contributed by atoms with E-state index in [4.69, 9.17) is 0 Å². The molecule has 0 fully saturated rings. The number of allylic oxidation sites excluding steroid dienone is 2. The van der Waals surface area contributed by atoms with Crippen LogP contribution in [0.3, 0.4) is 0 Å². The number of nitrogens with zero attached hydrogens (tertiary/aromatic N) is 3. The summed E-state index contributed by atoms with van der Waals surface area (Å²) in [6, 6.07) is 14.1. The summed E-state index contributed by atoms with van der Waals surface area (Å²) in [6.45, 7) is 1.85. The molecule has 3 atom stereocenters. The Morgan fingerprint density at radius 2 is 2.10 bits per heavy atom. The molecular weight excluding hydrogens is 388 g/mol. The Balaban J connectivity index is 1.78. The smallest absolute Gasteiger partial charge is 0.176 e. The highest BCUT2D eigenvalue weighted by Crippen LogP contribution is 2.54. The third-order valence-corrected chi connectivity index (χ3v) is 6.85. The van der Waals surface area contributed by atoms with Crippen LogP contribution in [0.2, 0.25) is 0 Å². The molecular formula is C25H22N4O2. The Morgan fingerprint density at radius 1 is 1.29 bits per heavy atom. The molecule has 2 heterocycles. The van der Waals surface area contributed by atoms with Crippen molar-refractivity contribution in [2.24, 2.45) is 11.8 Å². The number of H-pyrrole nitrogens is 1. The van der Waals surface area contributed by atoms with Gasteiger partial charge in [-0.05, 0) is 42.0 Å². The van der Waals surface area contributed by atoms with Gasteiger partial charge in [0.25, 0.3) is 0 Å². The second-order valence-corrected chi connectivity index (χ2v) is 8.37. The van der Waals surface area contributed by atoms with Crippen LogP contribution in [0, 0.1) is 23.2 Å². The largest absolute Gasteiger partial charge is 0.392 e. The SMILES string of the molecule is C[C@@H]1C(=O)C(C#N)=C[C@]2(c3ccccc3)c3[nH]nc(-c4cncc(CO)c4)c3CCC12. The first kappa shape index (κ1) is 19.4. The van der Waals surface area contributed by atoms with Gasteiger partial charge in [-0.25, -0.2) is 0 Å². The van der Waals surface area contributed by atoms with Crippen molar-refractivity contribution in [1.82, 2.24) is 15.2 Å². The molecule has 0 radical (unpaired) electrons. The molecule has 0 spiro atoms. The summed E-state index contributed by atoms with van der Waals surface area (Å²) >= 11 is 0. The maximum absolute atomic E-state index is 12.8. The van der Waals surface area contributed by atoms with E-state index < -0.39 is 5.41 Å². The Morgan fingerprint density at radius 3 is 2.84 bits per heavy atom. The quantitative estimate of drug-likeness (QED) is 0.688. The molecule has 31 heavy (non-hydrogen) atoms. The minimum Gasteiger partial charge on any atom is -0.392 e. The van der Waals surface area contributed by atoms with Crippen LogP contribution in [0.25, 0.3) is 11.3 Å². The number of rotatable bonds is 3. The van der Waals surface area contributed by atoms with E-state index >= 15 is 0 Å². The zero-order valence-corrected chi connectivity index (χ0v) is 17.2. The van der Waals surface area contributed by atoms with E-state index in [0.717, 1.165) is 46.5 Å². The first-order valence-corrected chi connectivity index (χ1v) is 10.5. The second-order valence-electron chi connectivity index (χ2n) is 8.37. The van der Waals surface area contributed by atoms with E-state index in [1.165, 1.54) is 0 Å². The number of carbonyl (C=O) groups excluding carboxylic acids is 1. The van der Waals surface area contributed by atoms with Gasteiger partial charge in [0.1, 0.15) is 6.07 Å². The molecule has 6 heteroatoms. The van der Waals surface area contributed by atoms with Gasteiger partial charge >= 0.3 is 0 Å². The van der Waals surface area contributed by atoms with E-state index in [1.807, 2.05) is 37.3 Å². The van der Waals surface area contributed by atoms with Crippen LogP contribution in [-0.4, -0.2) is 26.1 Å². The lowest BCUT2D eigenvalue weighted by Gasteiger charge is -2.47. The molecule has 5 rings (SSSR count). The number of hydrogen-bond acceptors (Lipinski definition) is 5. The van der Waals surface area contributed by atoms with E-state index in [9.17, 15) is 15.2 Å². The molecule has 1 unspecified atom stereocenters. The lowest BCUT2D eigenvalue weighted by molar-refractivity contribution is -0.121. The van der Waals surface area contributed by atoms with Crippen LogP contribution in [0.5, 0.6) is 0 Å². The Kier molecular flexibility index (Phi) is 4.57. The minimum absolute atomic E-state index is 0.0298. The number of hydrogen-bond donors (Lipinski definition) is 2. The molecule has 0 aliphatic heterocycles. The molecule has 154 valence electrons. The van der Waals surface area contributed by atoms with Crippen LogP contribution in [0.15, 0.2) is 60.4 Å².